The van der Waals surface area contributed by atoms with Gasteiger partial charge in [-0.05, 0) is 24.6 Å². The molecule has 1 amide bonds. The topological polar surface area (TPSA) is 75.6 Å². The molecule has 2 N–H and O–H groups in total. The Balaban J connectivity index is 2.60. The molecule has 1 atom stereocenters. The van der Waals surface area contributed by atoms with Crippen molar-refractivity contribution in [3.05, 3.63) is 29.8 Å². The zero-order valence-corrected chi connectivity index (χ0v) is 11.1. The molecule has 0 aliphatic carbocycles. The monoisotopic (exact) mass is 305 g/mol. The minimum absolute atomic E-state index is 0.168. The van der Waals surface area contributed by atoms with E-state index in [0.717, 1.165) is 12.1 Å². The standard InChI is InChI=1S/C13H14F3NO4/c1-8(5-12(19)20)17-11(18)7-9-3-2-4-10(6-9)21-13(14,15)16/h2-4,6,8H,5,7H2,1H3,(H,17,18)(H,19,20). The first kappa shape index (κ1) is 16.8. The number of ether oxygens (including phenoxy) is 1. The highest BCUT2D eigenvalue weighted by Crippen LogP contribution is 2.23. The molecule has 8 heteroatoms. The molecule has 0 fully saturated rings. The van der Waals surface area contributed by atoms with Crippen LogP contribution in [-0.2, 0) is 16.0 Å². The first-order valence-corrected chi connectivity index (χ1v) is 6.01. The van der Waals surface area contributed by atoms with Gasteiger partial charge in [0.05, 0.1) is 12.8 Å². The molecule has 21 heavy (non-hydrogen) atoms. The molecule has 5 nitrogen and oxygen atoms in total. The average molecular weight is 305 g/mol. The summed E-state index contributed by atoms with van der Waals surface area (Å²) in [5.41, 5.74) is 0.330. The highest BCUT2D eigenvalue weighted by atomic mass is 19.4. The SMILES string of the molecule is CC(CC(=O)O)NC(=O)Cc1cccc(OC(F)(F)F)c1. The number of carbonyl (C=O) groups is 2. The smallest absolute Gasteiger partial charge is 0.481 e. The maximum atomic E-state index is 12.1. The van der Waals surface area contributed by atoms with Crippen molar-refractivity contribution in [2.24, 2.45) is 0 Å². The fourth-order valence-corrected chi connectivity index (χ4v) is 1.68. The van der Waals surface area contributed by atoms with E-state index in [4.69, 9.17) is 5.11 Å². The van der Waals surface area contributed by atoms with E-state index < -0.39 is 30.0 Å². The lowest BCUT2D eigenvalue weighted by molar-refractivity contribution is -0.274. The number of rotatable bonds is 6. The summed E-state index contributed by atoms with van der Waals surface area (Å²) in [6.07, 6.45) is -5.20. The Morgan fingerprint density at radius 3 is 2.62 bits per heavy atom. The van der Waals surface area contributed by atoms with Gasteiger partial charge in [0.15, 0.2) is 0 Å². The summed E-state index contributed by atoms with van der Waals surface area (Å²) >= 11 is 0. The molecule has 0 saturated carbocycles. The van der Waals surface area contributed by atoms with Gasteiger partial charge < -0.3 is 15.2 Å². The molecule has 116 valence electrons. The molecule has 0 aliphatic rings. The summed E-state index contributed by atoms with van der Waals surface area (Å²) in [7, 11) is 0. The van der Waals surface area contributed by atoms with Gasteiger partial charge in [0.1, 0.15) is 5.75 Å². The van der Waals surface area contributed by atoms with Crippen molar-refractivity contribution >= 4 is 11.9 Å². The van der Waals surface area contributed by atoms with Gasteiger partial charge >= 0.3 is 12.3 Å². The van der Waals surface area contributed by atoms with Gasteiger partial charge in [0.2, 0.25) is 5.91 Å². The lowest BCUT2D eigenvalue weighted by Gasteiger charge is -2.12. The second-order valence-corrected chi connectivity index (χ2v) is 4.44. The Labute approximate surface area is 118 Å². The van der Waals surface area contributed by atoms with Crippen LogP contribution in [0, 0.1) is 0 Å². The molecule has 0 bridgehead atoms. The number of hydrogen-bond acceptors (Lipinski definition) is 3. The van der Waals surface area contributed by atoms with Crippen molar-refractivity contribution in [1.82, 2.24) is 5.32 Å². The number of benzene rings is 1. The van der Waals surface area contributed by atoms with Crippen molar-refractivity contribution < 1.29 is 32.6 Å². The van der Waals surface area contributed by atoms with Gasteiger partial charge in [0, 0.05) is 6.04 Å². The summed E-state index contributed by atoms with van der Waals surface area (Å²) in [6, 6.07) is 4.48. The van der Waals surface area contributed by atoms with Gasteiger partial charge in [-0.3, -0.25) is 9.59 Å². The second kappa shape index (κ2) is 6.96. The number of halogens is 3. The van der Waals surface area contributed by atoms with Gasteiger partial charge in [-0.25, -0.2) is 0 Å². The van der Waals surface area contributed by atoms with Crippen molar-refractivity contribution in [2.45, 2.75) is 32.2 Å². The Hall–Kier alpha value is -2.25. The van der Waals surface area contributed by atoms with E-state index in [-0.39, 0.29) is 12.8 Å². The van der Waals surface area contributed by atoms with E-state index in [1.165, 1.54) is 19.1 Å². The summed E-state index contributed by atoms with van der Waals surface area (Å²) in [6.45, 7) is 1.52. The molecular formula is C13H14F3NO4. The Kier molecular flexibility index (Phi) is 5.57. The Bertz CT molecular complexity index is 516. The molecule has 0 heterocycles. The quantitative estimate of drug-likeness (QED) is 0.844. The second-order valence-electron chi connectivity index (χ2n) is 4.44. The third kappa shape index (κ3) is 7.19. The highest BCUT2D eigenvalue weighted by molar-refractivity contribution is 5.79. The van der Waals surface area contributed by atoms with Crippen LogP contribution in [0.1, 0.15) is 18.9 Å². The van der Waals surface area contributed by atoms with Crippen LogP contribution in [0.5, 0.6) is 5.75 Å². The van der Waals surface area contributed by atoms with Crippen LogP contribution < -0.4 is 10.1 Å². The van der Waals surface area contributed by atoms with Gasteiger partial charge in [-0.1, -0.05) is 12.1 Å². The lowest BCUT2D eigenvalue weighted by atomic mass is 10.1. The minimum atomic E-state index is -4.79. The van der Waals surface area contributed by atoms with Crippen LogP contribution in [0.3, 0.4) is 0 Å². The number of hydrogen-bond donors (Lipinski definition) is 2. The molecule has 1 aromatic rings. The van der Waals surface area contributed by atoms with Crippen LogP contribution >= 0.6 is 0 Å². The summed E-state index contributed by atoms with van der Waals surface area (Å²) in [5, 5.41) is 11.0. The van der Waals surface area contributed by atoms with Crippen molar-refractivity contribution in [3.8, 4) is 5.75 Å². The van der Waals surface area contributed by atoms with Gasteiger partial charge in [-0.2, -0.15) is 0 Å². The van der Waals surface area contributed by atoms with E-state index in [9.17, 15) is 22.8 Å². The van der Waals surface area contributed by atoms with E-state index in [0.29, 0.717) is 5.56 Å². The first-order chi connectivity index (χ1) is 9.65. The average Bonchev–Trinajstić information content (AvgIpc) is 2.24. The van der Waals surface area contributed by atoms with Crippen LogP contribution in [0.4, 0.5) is 13.2 Å². The number of carbonyl (C=O) groups excluding carboxylic acids is 1. The minimum Gasteiger partial charge on any atom is -0.481 e. The molecule has 0 aromatic heterocycles. The lowest BCUT2D eigenvalue weighted by Crippen LogP contribution is -2.35. The normalized spacial score (nSPS) is 12.6. The largest absolute Gasteiger partial charge is 0.573 e. The first-order valence-electron chi connectivity index (χ1n) is 6.01. The Morgan fingerprint density at radius 2 is 2.05 bits per heavy atom. The molecule has 0 aliphatic heterocycles. The predicted molar refractivity (Wildman–Crippen MR) is 66.7 cm³/mol. The van der Waals surface area contributed by atoms with Crippen LogP contribution in [0.2, 0.25) is 0 Å². The number of aliphatic carboxylic acids is 1. The molecule has 0 radical (unpaired) electrons. The van der Waals surface area contributed by atoms with Crippen molar-refractivity contribution in [1.29, 1.82) is 0 Å². The maximum Gasteiger partial charge on any atom is 0.573 e. The summed E-state index contributed by atoms with van der Waals surface area (Å²) in [5.74, 6) is -1.94. The molecule has 0 saturated heterocycles. The maximum absolute atomic E-state index is 12.1. The number of amides is 1. The zero-order valence-electron chi connectivity index (χ0n) is 11.1. The fourth-order valence-electron chi connectivity index (χ4n) is 1.68. The van der Waals surface area contributed by atoms with Crippen molar-refractivity contribution in [2.75, 3.05) is 0 Å². The Morgan fingerprint density at radius 1 is 1.38 bits per heavy atom. The number of carboxylic acids is 1. The van der Waals surface area contributed by atoms with E-state index >= 15 is 0 Å². The highest BCUT2D eigenvalue weighted by Gasteiger charge is 2.31. The molecule has 1 aromatic carbocycles. The van der Waals surface area contributed by atoms with E-state index in [1.54, 1.807) is 0 Å². The predicted octanol–water partition coefficient (Wildman–Crippen LogP) is 2.11. The van der Waals surface area contributed by atoms with Crippen molar-refractivity contribution in [3.63, 3.8) is 0 Å². The van der Waals surface area contributed by atoms with Crippen LogP contribution in [0.15, 0.2) is 24.3 Å². The molecule has 0 spiro atoms. The number of carboxylic acid groups (broad SMARTS) is 1. The molecule has 1 rings (SSSR count). The summed E-state index contributed by atoms with van der Waals surface area (Å²) < 4.78 is 40.0. The molecule has 1 unspecified atom stereocenters. The third-order valence-electron chi connectivity index (χ3n) is 2.38. The fraction of sp³-hybridized carbons (Fsp3) is 0.385. The number of alkyl halides is 3. The molecular weight excluding hydrogens is 291 g/mol. The van der Waals surface area contributed by atoms with Gasteiger partial charge in [0.25, 0.3) is 0 Å². The van der Waals surface area contributed by atoms with Crippen LogP contribution in [0.25, 0.3) is 0 Å². The van der Waals surface area contributed by atoms with Crippen LogP contribution in [-0.4, -0.2) is 29.4 Å². The zero-order chi connectivity index (χ0) is 16.0. The third-order valence-corrected chi connectivity index (χ3v) is 2.38. The number of nitrogens with one attached hydrogen (secondary N) is 1. The van der Waals surface area contributed by atoms with Gasteiger partial charge in [-0.15, -0.1) is 13.2 Å². The summed E-state index contributed by atoms with van der Waals surface area (Å²) in [4.78, 5) is 22.1. The van der Waals surface area contributed by atoms with E-state index in [2.05, 4.69) is 10.1 Å². The van der Waals surface area contributed by atoms with E-state index in [1.807, 2.05) is 0 Å².